The fourth-order valence-corrected chi connectivity index (χ4v) is 6.15. The standard InChI is InChI=1S/C23H23N3OS2/c27-22(13-5-12-21-24-17-8-1-3-10-19(17)28-21)26-14-6-7-16(15-26)23-25-18-9-2-4-11-20(18)29-23/h1-4,8-11,16H,5-7,12-15H2/t16-/m1/s1. The lowest BCUT2D eigenvalue weighted by molar-refractivity contribution is -0.132. The number of aryl methyl sites for hydroxylation is 1. The van der Waals surface area contributed by atoms with Gasteiger partial charge in [0.05, 0.1) is 30.4 Å². The minimum absolute atomic E-state index is 0.275. The van der Waals surface area contributed by atoms with E-state index in [1.54, 1.807) is 22.7 Å². The summed E-state index contributed by atoms with van der Waals surface area (Å²) in [5, 5.41) is 2.31. The minimum atomic E-state index is 0.275. The van der Waals surface area contributed by atoms with Crippen molar-refractivity contribution < 1.29 is 4.79 Å². The van der Waals surface area contributed by atoms with Gasteiger partial charge in [0.1, 0.15) is 0 Å². The summed E-state index contributed by atoms with van der Waals surface area (Å²) in [6, 6.07) is 16.5. The number of likely N-dealkylation sites (tertiary alicyclic amines) is 1. The van der Waals surface area contributed by atoms with Gasteiger partial charge in [-0.1, -0.05) is 24.3 Å². The van der Waals surface area contributed by atoms with Gasteiger partial charge in [0.25, 0.3) is 0 Å². The molecule has 0 radical (unpaired) electrons. The predicted octanol–water partition coefficient (Wildman–Crippen LogP) is 5.63. The van der Waals surface area contributed by atoms with Crippen LogP contribution < -0.4 is 0 Å². The monoisotopic (exact) mass is 421 g/mol. The summed E-state index contributed by atoms with van der Waals surface area (Å²) in [5.41, 5.74) is 2.14. The highest BCUT2D eigenvalue weighted by atomic mass is 32.1. The number of amides is 1. The van der Waals surface area contributed by atoms with Crippen molar-refractivity contribution in [3.63, 3.8) is 0 Å². The number of aromatic nitrogens is 2. The van der Waals surface area contributed by atoms with Crippen molar-refractivity contribution in [2.24, 2.45) is 0 Å². The molecule has 4 aromatic rings. The second-order valence-electron chi connectivity index (χ2n) is 7.63. The third-order valence-corrected chi connectivity index (χ3v) is 7.85. The lowest BCUT2D eigenvalue weighted by atomic mass is 9.98. The average Bonchev–Trinajstić information content (AvgIpc) is 3.37. The molecule has 1 saturated heterocycles. The fraction of sp³-hybridized carbons (Fsp3) is 0.348. The molecular weight excluding hydrogens is 398 g/mol. The maximum Gasteiger partial charge on any atom is 0.222 e. The van der Waals surface area contributed by atoms with Crippen LogP contribution in [0, 0.1) is 0 Å². The number of hydrogen-bond donors (Lipinski definition) is 0. The molecule has 5 rings (SSSR count). The van der Waals surface area contributed by atoms with Crippen LogP contribution in [0.1, 0.15) is 41.6 Å². The minimum Gasteiger partial charge on any atom is -0.342 e. The summed E-state index contributed by atoms with van der Waals surface area (Å²) in [7, 11) is 0. The number of benzene rings is 2. The first-order chi connectivity index (χ1) is 14.3. The van der Waals surface area contributed by atoms with E-state index in [0.29, 0.717) is 12.3 Å². The van der Waals surface area contributed by atoms with Gasteiger partial charge in [-0.2, -0.15) is 0 Å². The Morgan fingerprint density at radius 3 is 2.48 bits per heavy atom. The van der Waals surface area contributed by atoms with E-state index in [-0.39, 0.29) is 5.91 Å². The first-order valence-electron chi connectivity index (χ1n) is 10.2. The maximum atomic E-state index is 12.8. The molecule has 1 amide bonds. The Bertz CT molecular complexity index is 1080. The number of piperidine rings is 1. The normalized spacial score (nSPS) is 17.2. The lowest BCUT2D eigenvalue weighted by Gasteiger charge is -2.32. The van der Waals surface area contributed by atoms with Crippen LogP contribution in [0.4, 0.5) is 0 Å². The second-order valence-corrected chi connectivity index (χ2v) is 9.81. The summed E-state index contributed by atoms with van der Waals surface area (Å²) in [5.74, 6) is 0.645. The fourth-order valence-electron chi connectivity index (χ4n) is 4.05. The predicted molar refractivity (Wildman–Crippen MR) is 121 cm³/mol. The van der Waals surface area contributed by atoms with Gasteiger partial charge >= 0.3 is 0 Å². The Balaban J connectivity index is 1.18. The molecule has 0 saturated carbocycles. The van der Waals surface area contributed by atoms with Crippen LogP contribution in [0.5, 0.6) is 0 Å². The van der Waals surface area contributed by atoms with E-state index in [4.69, 9.17) is 4.98 Å². The molecule has 148 valence electrons. The van der Waals surface area contributed by atoms with Crippen molar-refractivity contribution >= 4 is 49.0 Å². The Labute approximate surface area is 178 Å². The largest absolute Gasteiger partial charge is 0.342 e. The summed E-state index contributed by atoms with van der Waals surface area (Å²) in [4.78, 5) is 24.4. The van der Waals surface area contributed by atoms with Crippen LogP contribution in [0.25, 0.3) is 20.4 Å². The number of para-hydroxylation sites is 2. The molecule has 29 heavy (non-hydrogen) atoms. The van der Waals surface area contributed by atoms with Crippen LogP contribution in [-0.4, -0.2) is 33.9 Å². The molecule has 1 fully saturated rings. The van der Waals surface area contributed by atoms with E-state index < -0.39 is 0 Å². The van der Waals surface area contributed by atoms with E-state index >= 15 is 0 Å². The molecule has 0 bridgehead atoms. The van der Waals surface area contributed by atoms with Crippen LogP contribution >= 0.6 is 22.7 Å². The van der Waals surface area contributed by atoms with Gasteiger partial charge in [0.15, 0.2) is 0 Å². The van der Waals surface area contributed by atoms with Gasteiger partial charge in [0.2, 0.25) is 5.91 Å². The van der Waals surface area contributed by atoms with E-state index in [0.717, 1.165) is 54.8 Å². The van der Waals surface area contributed by atoms with Crippen LogP contribution in [0.3, 0.4) is 0 Å². The number of carbonyl (C=O) groups excluding carboxylic acids is 1. The zero-order valence-electron chi connectivity index (χ0n) is 16.2. The van der Waals surface area contributed by atoms with E-state index in [1.807, 2.05) is 18.2 Å². The first-order valence-corrected chi connectivity index (χ1v) is 11.9. The van der Waals surface area contributed by atoms with Gasteiger partial charge < -0.3 is 4.90 Å². The molecule has 6 heteroatoms. The number of fused-ring (bicyclic) bond motifs is 2. The number of carbonyl (C=O) groups is 1. The summed E-state index contributed by atoms with van der Waals surface area (Å²) in [6.07, 6.45) is 4.52. The van der Waals surface area contributed by atoms with Crippen molar-refractivity contribution in [1.29, 1.82) is 0 Å². The van der Waals surface area contributed by atoms with Gasteiger partial charge in [-0.05, 0) is 49.9 Å². The third-order valence-electron chi connectivity index (χ3n) is 5.55. The third kappa shape index (κ3) is 4.05. The van der Waals surface area contributed by atoms with Crippen LogP contribution in [0.2, 0.25) is 0 Å². The van der Waals surface area contributed by atoms with Gasteiger partial charge in [-0.15, -0.1) is 22.7 Å². The molecule has 2 aromatic carbocycles. The van der Waals surface area contributed by atoms with E-state index in [1.165, 1.54) is 14.4 Å². The van der Waals surface area contributed by atoms with Crippen molar-refractivity contribution in [1.82, 2.24) is 14.9 Å². The Morgan fingerprint density at radius 1 is 1.00 bits per heavy atom. The van der Waals surface area contributed by atoms with Crippen molar-refractivity contribution in [3.8, 4) is 0 Å². The highest BCUT2D eigenvalue weighted by Crippen LogP contribution is 2.33. The first kappa shape index (κ1) is 18.7. The molecule has 2 aromatic heterocycles. The van der Waals surface area contributed by atoms with Crippen molar-refractivity contribution in [3.05, 3.63) is 58.5 Å². The SMILES string of the molecule is O=C(CCCc1nc2ccccc2s1)N1CCC[C@@H](c2nc3ccccc3s2)C1. The molecule has 4 nitrogen and oxygen atoms in total. The summed E-state index contributed by atoms with van der Waals surface area (Å²) in [6.45, 7) is 1.68. The summed E-state index contributed by atoms with van der Waals surface area (Å²) < 4.78 is 2.46. The molecule has 1 aliphatic heterocycles. The quantitative estimate of drug-likeness (QED) is 0.419. The molecule has 1 aliphatic rings. The zero-order valence-corrected chi connectivity index (χ0v) is 17.8. The number of thiazole rings is 2. The number of rotatable bonds is 5. The number of hydrogen-bond acceptors (Lipinski definition) is 5. The number of nitrogens with zero attached hydrogens (tertiary/aromatic N) is 3. The highest BCUT2D eigenvalue weighted by Gasteiger charge is 2.26. The Hall–Kier alpha value is -2.31. The average molecular weight is 422 g/mol. The van der Waals surface area contributed by atoms with Crippen molar-refractivity contribution in [2.75, 3.05) is 13.1 Å². The molecule has 1 atom stereocenters. The molecule has 3 heterocycles. The van der Waals surface area contributed by atoms with Crippen LogP contribution in [0.15, 0.2) is 48.5 Å². The molecule has 0 unspecified atom stereocenters. The molecule has 0 N–H and O–H groups in total. The maximum absolute atomic E-state index is 12.8. The molecular formula is C23H23N3OS2. The van der Waals surface area contributed by atoms with Gasteiger partial charge in [-0.25, -0.2) is 9.97 Å². The van der Waals surface area contributed by atoms with E-state index in [9.17, 15) is 4.79 Å². The lowest BCUT2D eigenvalue weighted by Crippen LogP contribution is -2.39. The molecule has 0 aliphatic carbocycles. The second kappa shape index (κ2) is 8.20. The van der Waals surface area contributed by atoms with E-state index in [2.05, 4.69) is 40.2 Å². The molecule has 0 spiro atoms. The highest BCUT2D eigenvalue weighted by molar-refractivity contribution is 7.18. The summed E-state index contributed by atoms with van der Waals surface area (Å²) >= 11 is 3.52. The zero-order chi connectivity index (χ0) is 19.6. The Morgan fingerprint density at radius 2 is 1.72 bits per heavy atom. The smallest absolute Gasteiger partial charge is 0.222 e. The van der Waals surface area contributed by atoms with Crippen LogP contribution in [-0.2, 0) is 11.2 Å². The van der Waals surface area contributed by atoms with Gasteiger partial charge in [-0.3, -0.25) is 4.79 Å². The van der Waals surface area contributed by atoms with Crippen molar-refractivity contribution in [2.45, 2.75) is 38.0 Å². The van der Waals surface area contributed by atoms with Gasteiger partial charge in [0, 0.05) is 25.4 Å². The topological polar surface area (TPSA) is 46.1 Å². The Kier molecular flexibility index (Phi) is 5.29.